The molecule has 0 saturated heterocycles. The van der Waals surface area contributed by atoms with Gasteiger partial charge in [0.15, 0.2) is 0 Å². The highest BCUT2D eigenvalue weighted by atomic mass is 15.1. The molecule has 56 heavy (non-hydrogen) atoms. The van der Waals surface area contributed by atoms with Gasteiger partial charge in [-0.3, -0.25) is 4.98 Å². The minimum atomic E-state index is 0.105. The number of rotatable bonds is 5. The van der Waals surface area contributed by atoms with E-state index >= 15 is 0 Å². The van der Waals surface area contributed by atoms with Crippen molar-refractivity contribution in [2.45, 2.75) is 44.9 Å². The summed E-state index contributed by atoms with van der Waals surface area (Å²) in [6.07, 6.45) is 7.31. The van der Waals surface area contributed by atoms with Crippen molar-refractivity contribution in [2.75, 3.05) is 4.90 Å². The van der Waals surface area contributed by atoms with Crippen molar-refractivity contribution in [1.82, 2.24) is 4.98 Å². The molecule has 5 atom stereocenters. The van der Waals surface area contributed by atoms with E-state index in [1.807, 2.05) is 12.3 Å². The molecule has 0 aliphatic heterocycles. The minimum Gasteiger partial charge on any atom is -0.310 e. The molecule has 272 valence electrons. The molecule has 0 N–H and O–H groups in total. The molecule has 8 aromatic rings. The summed E-state index contributed by atoms with van der Waals surface area (Å²) in [5, 5.41) is 3.61. The lowest BCUT2D eigenvalue weighted by molar-refractivity contribution is 0.0426. The first-order chi connectivity index (χ1) is 27.6. The van der Waals surface area contributed by atoms with Gasteiger partial charge in [0.25, 0.3) is 0 Å². The number of fused-ring (bicyclic) bond motifs is 10. The maximum absolute atomic E-state index is 4.64. The molecule has 0 amide bonds. The van der Waals surface area contributed by atoms with Crippen molar-refractivity contribution in [3.8, 4) is 33.4 Å². The highest BCUT2D eigenvalue weighted by Crippen LogP contribution is 2.64. The molecule has 2 fully saturated rings. The highest BCUT2D eigenvalue weighted by Gasteiger charge is 2.56. The van der Waals surface area contributed by atoms with Crippen LogP contribution in [-0.2, 0) is 5.41 Å². The molecule has 2 heteroatoms. The zero-order chi connectivity index (χ0) is 37.4. The molecule has 7 aromatic carbocycles. The summed E-state index contributed by atoms with van der Waals surface area (Å²) in [5.74, 6) is 3.01. The van der Waals surface area contributed by atoms with Crippen molar-refractivity contribution in [3.05, 3.63) is 181 Å². The third kappa shape index (κ3) is 5.12. The van der Waals surface area contributed by atoms with Gasteiger partial charge in [-0.1, -0.05) is 129 Å². The van der Waals surface area contributed by atoms with Crippen LogP contribution < -0.4 is 4.90 Å². The normalized spacial score (nSPS) is 22.2. The Kier molecular flexibility index (Phi) is 7.78. The predicted octanol–water partition coefficient (Wildman–Crippen LogP) is 14.6. The Labute approximate surface area is 330 Å². The Morgan fingerprint density at radius 1 is 0.518 bits per heavy atom. The highest BCUT2D eigenvalue weighted by molar-refractivity contribution is 6.06. The molecule has 3 aliphatic rings. The quantitative estimate of drug-likeness (QED) is 0.176. The number of nitrogens with zero attached hydrogens (tertiary/aromatic N) is 2. The van der Waals surface area contributed by atoms with Crippen LogP contribution in [0.15, 0.2) is 170 Å². The molecule has 1 aromatic heterocycles. The van der Waals surface area contributed by atoms with Gasteiger partial charge in [-0.05, 0) is 148 Å². The SMILES string of the molecule is CC1CC2CC(C)C3(c4ccccc4-c4cc(-c5cccc6c(N(c7ccc(-c8ccccc8)cc7)c7ccc8ncccc8c7)cccc56)ccc43)C(C1)C2. The second kappa shape index (κ2) is 13.1. The number of anilines is 3. The molecule has 5 unspecified atom stereocenters. The Balaban J connectivity index is 1.06. The van der Waals surface area contributed by atoms with Gasteiger partial charge in [0, 0.05) is 33.8 Å². The lowest BCUT2D eigenvalue weighted by Gasteiger charge is -2.54. The fourth-order valence-corrected chi connectivity index (χ4v) is 11.7. The fourth-order valence-electron chi connectivity index (χ4n) is 11.7. The van der Waals surface area contributed by atoms with Crippen molar-refractivity contribution in [2.24, 2.45) is 23.7 Å². The molecule has 0 radical (unpaired) electrons. The Morgan fingerprint density at radius 3 is 2.14 bits per heavy atom. The molecule has 1 spiro atoms. The second-order valence-corrected chi connectivity index (χ2v) is 17.0. The predicted molar refractivity (Wildman–Crippen MR) is 235 cm³/mol. The van der Waals surface area contributed by atoms with E-state index in [0.717, 1.165) is 39.8 Å². The third-order valence-electron chi connectivity index (χ3n) is 13.8. The van der Waals surface area contributed by atoms with Crippen molar-refractivity contribution in [1.29, 1.82) is 0 Å². The second-order valence-electron chi connectivity index (χ2n) is 17.0. The van der Waals surface area contributed by atoms with E-state index in [2.05, 4.69) is 181 Å². The standard InChI is InChI=1S/C54H46N2/c1-35-29-37-31-36(2)54(42(30-35)32-37)50-18-7-6-14-47(50)49-34-40(22-26-51(49)54)45-15-8-17-48-46(45)16-9-19-53(48)56(44-25-27-52-41(33-44)13-10-28-55-52)43-23-20-39(21-24-43)38-11-4-3-5-12-38/h3-28,33-37,42H,29-32H2,1-2H3. The largest absolute Gasteiger partial charge is 0.310 e. The van der Waals surface area contributed by atoms with Gasteiger partial charge in [-0.2, -0.15) is 0 Å². The van der Waals surface area contributed by atoms with E-state index in [9.17, 15) is 0 Å². The van der Waals surface area contributed by atoms with Crippen LogP contribution in [0, 0.1) is 23.7 Å². The van der Waals surface area contributed by atoms with Crippen molar-refractivity contribution >= 4 is 38.7 Å². The maximum atomic E-state index is 4.64. The molecular weight excluding hydrogens is 677 g/mol. The molecule has 1 heterocycles. The van der Waals surface area contributed by atoms with E-state index in [1.54, 1.807) is 11.1 Å². The van der Waals surface area contributed by atoms with Gasteiger partial charge in [-0.25, -0.2) is 0 Å². The summed E-state index contributed by atoms with van der Waals surface area (Å²) in [6.45, 7) is 5.06. The van der Waals surface area contributed by atoms with Gasteiger partial charge in [0.05, 0.1) is 11.2 Å². The lowest BCUT2D eigenvalue weighted by atomic mass is 9.49. The Morgan fingerprint density at radius 2 is 1.25 bits per heavy atom. The average molecular weight is 723 g/mol. The van der Waals surface area contributed by atoms with E-state index in [1.165, 1.54) is 69.8 Å². The number of pyridine rings is 1. The summed E-state index contributed by atoms with van der Waals surface area (Å²) in [6, 6.07) is 61.0. The summed E-state index contributed by atoms with van der Waals surface area (Å²) in [4.78, 5) is 7.05. The van der Waals surface area contributed by atoms with Gasteiger partial charge < -0.3 is 4.90 Å². The summed E-state index contributed by atoms with van der Waals surface area (Å²) >= 11 is 0. The van der Waals surface area contributed by atoms with Crippen LogP contribution in [0.5, 0.6) is 0 Å². The first kappa shape index (κ1) is 33.4. The van der Waals surface area contributed by atoms with Gasteiger partial charge in [-0.15, -0.1) is 0 Å². The van der Waals surface area contributed by atoms with Gasteiger partial charge in [0.1, 0.15) is 0 Å². The number of hydrogen-bond acceptors (Lipinski definition) is 2. The fraction of sp³-hybridized carbons (Fsp3) is 0.204. The van der Waals surface area contributed by atoms with Crippen molar-refractivity contribution < 1.29 is 0 Å². The smallest absolute Gasteiger partial charge is 0.0703 e. The first-order valence-electron chi connectivity index (χ1n) is 20.6. The average Bonchev–Trinajstić information content (AvgIpc) is 3.54. The van der Waals surface area contributed by atoms with Crippen LogP contribution in [-0.4, -0.2) is 4.98 Å². The Bertz CT molecular complexity index is 2760. The van der Waals surface area contributed by atoms with Crippen LogP contribution in [0.2, 0.25) is 0 Å². The van der Waals surface area contributed by atoms with Crippen LogP contribution in [0.4, 0.5) is 17.1 Å². The lowest BCUT2D eigenvalue weighted by Crippen LogP contribution is -2.49. The molecule has 2 bridgehead atoms. The Hall–Kier alpha value is -5.99. The van der Waals surface area contributed by atoms with Crippen LogP contribution in [0.1, 0.15) is 50.7 Å². The minimum absolute atomic E-state index is 0.105. The summed E-state index contributed by atoms with van der Waals surface area (Å²) in [5.41, 5.74) is 15.5. The van der Waals surface area contributed by atoms with Crippen molar-refractivity contribution in [3.63, 3.8) is 0 Å². The van der Waals surface area contributed by atoms with E-state index < -0.39 is 0 Å². The zero-order valence-electron chi connectivity index (χ0n) is 32.2. The molecule has 11 rings (SSSR count). The maximum Gasteiger partial charge on any atom is 0.0703 e. The molecule has 3 aliphatic carbocycles. The van der Waals surface area contributed by atoms with E-state index in [-0.39, 0.29) is 5.41 Å². The van der Waals surface area contributed by atoms with Gasteiger partial charge in [0.2, 0.25) is 0 Å². The molecule has 2 saturated carbocycles. The van der Waals surface area contributed by atoms with Crippen LogP contribution >= 0.6 is 0 Å². The topological polar surface area (TPSA) is 16.1 Å². The van der Waals surface area contributed by atoms with E-state index in [4.69, 9.17) is 0 Å². The summed E-state index contributed by atoms with van der Waals surface area (Å²) < 4.78 is 0. The molecule has 2 nitrogen and oxygen atoms in total. The molecular formula is C54H46N2. The number of benzene rings is 7. The third-order valence-corrected chi connectivity index (χ3v) is 13.8. The van der Waals surface area contributed by atoms with Crippen LogP contribution in [0.3, 0.4) is 0 Å². The van der Waals surface area contributed by atoms with Gasteiger partial charge >= 0.3 is 0 Å². The monoisotopic (exact) mass is 722 g/mol. The first-order valence-corrected chi connectivity index (χ1v) is 20.6. The number of aromatic nitrogens is 1. The summed E-state index contributed by atoms with van der Waals surface area (Å²) in [7, 11) is 0. The van der Waals surface area contributed by atoms with E-state index in [0.29, 0.717) is 11.8 Å². The zero-order valence-corrected chi connectivity index (χ0v) is 32.2. The van der Waals surface area contributed by atoms with Crippen LogP contribution in [0.25, 0.3) is 55.1 Å². The number of hydrogen-bond donors (Lipinski definition) is 0.